The molecule has 0 heterocycles. The minimum absolute atomic E-state index is 0.0759. The average molecular weight is 510 g/mol. The minimum Gasteiger partial charge on any atom is -0.377 e. The van der Waals surface area contributed by atoms with Gasteiger partial charge in [-0.15, -0.1) is 0 Å². The second kappa shape index (κ2) is 9.59. The van der Waals surface area contributed by atoms with E-state index in [1.165, 1.54) is 66.7 Å². The van der Waals surface area contributed by atoms with Crippen LogP contribution in [0.25, 0.3) is 11.6 Å². The van der Waals surface area contributed by atoms with Crippen molar-refractivity contribution in [3.05, 3.63) is 97.0 Å². The van der Waals surface area contributed by atoms with Gasteiger partial charge in [0.05, 0.1) is 21.6 Å². The molecule has 0 saturated carbocycles. The Balaban J connectivity index is 2.07. The van der Waals surface area contributed by atoms with Crippen LogP contribution in [0, 0.1) is 21.4 Å². The first-order chi connectivity index (χ1) is 15.1. The highest BCUT2D eigenvalue weighted by Gasteiger charge is 2.21. The van der Waals surface area contributed by atoms with Crippen molar-refractivity contribution in [1.29, 1.82) is 5.26 Å². The van der Waals surface area contributed by atoms with E-state index in [1.54, 1.807) is 0 Å². The lowest BCUT2D eigenvalue weighted by atomic mass is 10.0. The molecule has 0 aliphatic carbocycles. The maximum atomic E-state index is 12.7. The molecule has 0 N–H and O–H groups in total. The van der Waals surface area contributed by atoms with Crippen molar-refractivity contribution in [2.24, 2.45) is 0 Å². The molecule has 0 saturated heterocycles. The Hall–Kier alpha value is -3.09. The van der Waals surface area contributed by atoms with Crippen molar-refractivity contribution >= 4 is 62.3 Å². The number of non-ortho nitro benzene ring substituents is 1. The number of nitro benzene ring substituents is 1. The molecule has 0 amide bonds. The number of nitriles is 1. The lowest BCUT2D eigenvalue weighted by molar-refractivity contribution is -0.384. The van der Waals surface area contributed by atoms with E-state index in [2.05, 4.69) is 0 Å². The molecule has 32 heavy (non-hydrogen) atoms. The van der Waals surface area contributed by atoms with E-state index in [-0.39, 0.29) is 37.5 Å². The van der Waals surface area contributed by atoms with E-state index in [4.69, 9.17) is 39.0 Å². The van der Waals surface area contributed by atoms with E-state index in [9.17, 15) is 23.8 Å². The summed E-state index contributed by atoms with van der Waals surface area (Å²) in [4.78, 5) is 10.1. The summed E-state index contributed by atoms with van der Waals surface area (Å²) < 4.78 is 30.7. The van der Waals surface area contributed by atoms with Crippen LogP contribution in [0.4, 0.5) is 5.69 Å². The highest BCUT2D eigenvalue weighted by atomic mass is 35.5. The molecule has 0 unspecified atom stereocenters. The third kappa shape index (κ3) is 5.39. The number of allylic oxidation sites excluding steroid dienone is 1. The first kappa shape index (κ1) is 23.6. The van der Waals surface area contributed by atoms with Crippen molar-refractivity contribution in [2.45, 2.75) is 4.90 Å². The van der Waals surface area contributed by atoms with Gasteiger partial charge in [0.1, 0.15) is 4.90 Å². The van der Waals surface area contributed by atoms with Crippen molar-refractivity contribution in [1.82, 2.24) is 0 Å². The molecule has 3 rings (SSSR count). The first-order valence-corrected chi connectivity index (χ1v) is 11.2. The summed E-state index contributed by atoms with van der Waals surface area (Å²) >= 11 is 18.1. The van der Waals surface area contributed by atoms with Crippen LogP contribution in [-0.2, 0) is 10.1 Å². The summed E-state index contributed by atoms with van der Waals surface area (Å²) in [6.45, 7) is 0. The lowest BCUT2D eigenvalue weighted by Gasteiger charge is -2.12. The standard InChI is InChI=1S/C21H11Cl3N2O5S/c22-16-3-7-19(8-4-16)32(29,30)31-21-14(10-17(23)11-20(21)24)9-15(12-25)13-1-5-18(6-2-13)26(27)28/h1-11H/b15-9+. The number of hydrogen-bond donors (Lipinski definition) is 0. The average Bonchev–Trinajstić information content (AvgIpc) is 2.74. The number of nitrogens with zero attached hydrogens (tertiary/aromatic N) is 2. The zero-order chi connectivity index (χ0) is 23.5. The van der Waals surface area contributed by atoms with Crippen molar-refractivity contribution in [2.75, 3.05) is 0 Å². The minimum atomic E-state index is -4.28. The molecular formula is C21H11Cl3N2O5S. The van der Waals surface area contributed by atoms with Crippen LogP contribution in [-0.4, -0.2) is 13.3 Å². The number of benzene rings is 3. The Labute approximate surface area is 198 Å². The molecule has 0 radical (unpaired) electrons. The maximum absolute atomic E-state index is 12.7. The fourth-order valence-electron chi connectivity index (χ4n) is 2.63. The summed E-state index contributed by atoms with van der Waals surface area (Å²) in [5.74, 6) is -0.235. The molecule has 162 valence electrons. The van der Waals surface area contributed by atoms with Crippen LogP contribution in [0.1, 0.15) is 11.1 Å². The Morgan fingerprint density at radius 1 is 1.00 bits per heavy atom. The van der Waals surface area contributed by atoms with E-state index in [0.29, 0.717) is 10.6 Å². The Kier molecular flexibility index (Phi) is 7.06. The third-order valence-corrected chi connectivity index (χ3v) is 6.13. The van der Waals surface area contributed by atoms with Crippen LogP contribution < -0.4 is 4.18 Å². The molecule has 0 aliphatic rings. The van der Waals surface area contributed by atoms with E-state index >= 15 is 0 Å². The fraction of sp³-hybridized carbons (Fsp3) is 0. The van der Waals surface area contributed by atoms with Gasteiger partial charge in [-0.2, -0.15) is 13.7 Å². The molecule has 0 atom stereocenters. The second-order valence-corrected chi connectivity index (χ2v) is 9.10. The molecular weight excluding hydrogens is 499 g/mol. The van der Waals surface area contributed by atoms with Crippen LogP contribution in [0.5, 0.6) is 5.75 Å². The first-order valence-electron chi connectivity index (χ1n) is 8.66. The third-order valence-electron chi connectivity index (χ3n) is 4.14. The van der Waals surface area contributed by atoms with Gasteiger partial charge in [-0.3, -0.25) is 10.1 Å². The Morgan fingerprint density at radius 2 is 1.62 bits per heavy atom. The number of rotatable bonds is 6. The predicted molar refractivity (Wildman–Crippen MR) is 122 cm³/mol. The van der Waals surface area contributed by atoms with Gasteiger partial charge >= 0.3 is 10.1 Å². The molecule has 3 aromatic rings. The normalized spacial score (nSPS) is 11.6. The highest BCUT2D eigenvalue weighted by molar-refractivity contribution is 7.87. The molecule has 11 heteroatoms. The van der Waals surface area contributed by atoms with Crippen molar-refractivity contribution in [3.63, 3.8) is 0 Å². The summed E-state index contributed by atoms with van der Waals surface area (Å²) in [6, 6.07) is 15.2. The monoisotopic (exact) mass is 508 g/mol. The fourth-order valence-corrected chi connectivity index (χ4v) is 4.32. The van der Waals surface area contributed by atoms with Gasteiger partial charge in [-0.1, -0.05) is 34.8 Å². The van der Waals surface area contributed by atoms with Crippen LogP contribution in [0.15, 0.2) is 65.6 Å². The maximum Gasteiger partial charge on any atom is 0.339 e. The number of nitro groups is 1. The molecule has 0 fully saturated rings. The molecule has 7 nitrogen and oxygen atoms in total. The van der Waals surface area contributed by atoms with E-state index < -0.39 is 15.0 Å². The topological polar surface area (TPSA) is 110 Å². The number of hydrogen-bond acceptors (Lipinski definition) is 6. The molecule has 0 aliphatic heterocycles. The molecule has 0 bridgehead atoms. The van der Waals surface area contributed by atoms with Crippen molar-refractivity contribution < 1.29 is 17.5 Å². The SMILES string of the molecule is N#C/C(=C\c1cc(Cl)cc(Cl)c1OS(=O)(=O)c1ccc(Cl)cc1)c1ccc([N+](=O)[O-])cc1. The molecule has 0 spiro atoms. The van der Waals surface area contributed by atoms with Crippen LogP contribution in [0.3, 0.4) is 0 Å². The van der Waals surface area contributed by atoms with Crippen molar-refractivity contribution in [3.8, 4) is 11.8 Å². The quantitative estimate of drug-likeness (QED) is 0.125. The Bertz CT molecular complexity index is 1360. The molecule has 0 aromatic heterocycles. The lowest BCUT2D eigenvalue weighted by Crippen LogP contribution is -2.11. The van der Waals surface area contributed by atoms with Gasteiger partial charge in [0.2, 0.25) is 0 Å². The smallest absolute Gasteiger partial charge is 0.339 e. The summed E-state index contributed by atoms with van der Waals surface area (Å²) in [6.07, 6.45) is 1.33. The van der Waals surface area contributed by atoms with E-state index in [0.717, 1.165) is 0 Å². The summed E-state index contributed by atoms with van der Waals surface area (Å²) in [5.41, 5.74) is 0.414. The second-order valence-electron chi connectivity index (χ2n) is 6.27. The van der Waals surface area contributed by atoms with Gasteiger partial charge in [-0.25, -0.2) is 0 Å². The van der Waals surface area contributed by atoms with Gasteiger partial charge in [0, 0.05) is 27.7 Å². The largest absolute Gasteiger partial charge is 0.377 e. The van der Waals surface area contributed by atoms with Crippen LogP contribution >= 0.6 is 34.8 Å². The Morgan fingerprint density at radius 3 is 2.19 bits per heavy atom. The van der Waals surface area contributed by atoms with Gasteiger partial charge in [0.25, 0.3) is 5.69 Å². The van der Waals surface area contributed by atoms with E-state index in [1.807, 2.05) is 6.07 Å². The van der Waals surface area contributed by atoms with Gasteiger partial charge < -0.3 is 4.18 Å². The highest BCUT2D eigenvalue weighted by Crippen LogP contribution is 2.37. The number of halogens is 3. The summed E-state index contributed by atoms with van der Waals surface area (Å²) in [5, 5.41) is 20.9. The zero-order valence-electron chi connectivity index (χ0n) is 15.8. The van der Waals surface area contributed by atoms with Gasteiger partial charge in [0.15, 0.2) is 5.75 Å². The summed E-state index contributed by atoms with van der Waals surface area (Å²) in [7, 11) is -4.28. The predicted octanol–water partition coefficient (Wildman–Crippen LogP) is 6.39. The van der Waals surface area contributed by atoms with Gasteiger partial charge in [-0.05, 0) is 60.2 Å². The molecule has 3 aromatic carbocycles. The van der Waals surface area contributed by atoms with Crippen LogP contribution in [0.2, 0.25) is 15.1 Å². The zero-order valence-corrected chi connectivity index (χ0v) is 18.9.